The van der Waals surface area contributed by atoms with E-state index >= 15 is 0 Å². The number of halogens is 1. The minimum atomic E-state index is -2.89. The average molecular weight is 535 g/mol. The summed E-state index contributed by atoms with van der Waals surface area (Å²) in [6.45, 7) is 1.82. The Balaban J connectivity index is 0.00000385. The minimum Gasteiger partial charge on any atom is -1.00 e. The van der Waals surface area contributed by atoms with E-state index in [0.29, 0.717) is 23.4 Å². The monoisotopic (exact) mass is 534 g/mol. The number of hydrogen-bond acceptors (Lipinski definition) is 6. The molecule has 3 rings (SSSR count). The molecule has 0 radical (unpaired) electrons. The molecule has 0 unspecified atom stereocenters. The van der Waals surface area contributed by atoms with Crippen LogP contribution in [0.4, 0.5) is 0 Å². The lowest BCUT2D eigenvalue weighted by atomic mass is 10.3. The van der Waals surface area contributed by atoms with Crippen LogP contribution in [0.1, 0.15) is 6.92 Å². The summed E-state index contributed by atoms with van der Waals surface area (Å²) in [6, 6.07) is 28.3. The normalized spacial score (nSPS) is 11.1. The van der Waals surface area contributed by atoms with Crippen molar-refractivity contribution in [1.29, 1.82) is 0 Å². The van der Waals surface area contributed by atoms with Crippen LogP contribution in [0.5, 0.6) is 17.2 Å². The van der Waals surface area contributed by atoms with Crippen molar-refractivity contribution in [1.82, 2.24) is 0 Å². The van der Waals surface area contributed by atoms with E-state index in [1.165, 1.54) is 0 Å². The lowest BCUT2D eigenvalue weighted by molar-refractivity contribution is -0.000154. The van der Waals surface area contributed by atoms with Crippen molar-refractivity contribution < 1.29 is 44.8 Å². The summed E-state index contributed by atoms with van der Waals surface area (Å²) in [5, 5.41) is 0. The summed E-state index contributed by atoms with van der Waals surface area (Å²) in [5.41, 5.74) is 0. The first kappa shape index (κ1) is 26.8. The van der Waals surface area contributed by atoms with E-state index in [1.807, 2.05) is 110 Å². The molecule has 0 fully saturated rings. The standard InChI is InChI=1S/C25H28O6P.BrH/c1-2-3-19-32(29-20-26-23-13-7-4-8-14-23,30-21-27-24-15-9-5-10-16-24)31-22-28-25-17-11-6-12-18-25;/h2-18H,19-22H2,1H3;1H/q+1;/p-1/b3-2+;. The highest BCUT2D eigenvalue weighted by atomic mass is 79.9. The van der Waals surface area contributed by atoms with Crippen LogP contribution in [-0.4, -0.2) is 26.5 Å². The third-order valence-electron chi connectivity index (χ3n) is 4.22. The summed E-state index contributed by atoms with van der Waals surface area (Å²) in [5.74, 6) is 2.08. The Kier molecular flexibility index (Phi) is 12.6. The molecule has 0 amide bonds. The Morgan fingerprint density at radius 3 is 1.21 bits per heavy atom. The lowest BCUT2D eigenvalue weighted by Gasteiger charge is -2.21. The van der Waals surface area contributed by atoms with Crippen LogP contribution in [0.3, 0.4) is 0 Å². The van der Waals surface area contributed by atoms with Gasteiger partial charge in [0, 0.05) is 0 Å². The molecule has 0 aliphatic rings. The molecule has 0 aliphatic carbocycles. The highest BCUT2D eigenvalue weighted by Gasteiger charge is 2.46. The quantitative estimate of drug-likeness (QED) is 0.179. The van der Waals surface area contributed by atoms with E-state index in [1.54, 1.807) is 0 Å². The molecule has 0 atom stereocenters. The second-order valence-corrected chi connectivity index (χ2v) is 8.84. The molecule has 0 aliphatic heterocycles. The second-order valence-electron chi connectivity index (χ2n) is 6.48. The first-order valence-electron chi connectivity index (χ1n) is 10.3. The Hall–Kier alpha value is -2.41. The molecule has 0 aromatic heterocycles. The van der Waals surface area contributed by atoms with Gasteiger partial charge in [0.2, 0.25) is 20.4 Å². The van der Waals surface area contributed by atoms with Gasteiger partial charge in [0.1, 0.15) is 17.2 Å². The molecule has 0 saturated heterocycles. The van der Waals surface area contributed by atoms with Crippen LogP contribution in [-0.2, 0) is 13.6 Å². The molecule has 3 aromatic carbocycles. The fourth-order valence-electron chi connectivity index (χ4n) is 2.58. The topological polar surface area (TPSA) is 55.4 Å². The van der Waals surface area contributed by atoms with Crippen LogP contribution < -0.4 is 31.2 Å². The summed E-state index contributed by atoms with van der Waals surface area (Å²) in [6.07, 6.45) is 4.26. The minimum absolute atomic E-state index is 0. The molecule has 33 heavy (non-hydrogen) atoms. The van der Waals surface area contributed by atoms with E-state index < -0.39 is 7.94 Å². The molecule has 0 heterocycles. The van der Waals surface area contributed by atoms with E-state index in [0.717, 1.165) is 0 Å². The zero-order valence-electron chi connectivity index (χ0n) is 18.4. The van der Waals surface area contributed by atoms with Crippen molar-refractivity contribution in [2.45, 2.75) is 6.92 Å². The fraction of sp³-hybridized carbons (Fsp3) is 0.200. The Morgan fingerprint density at radius 1 is 0.576 bits per heavy atom. The van der Waals surface area contributed by atoms with Gasteiger partial charge in [0.05, 0.1) is 0 Å². The van der Waals surface area contributed by atoms with E-state index in [-0.39, 0.29) is 37.4 Å². The molecule has 0 bridgehead atoms. The molecule has 0 saturated carbocycles. The van der Waals surface area contributed by atoms with Gasteiger partial charge in [-0.2, -0.15) is 0 Å². The van der Waals surface area contributed by atoms with Crippen LogP contribution >= 0.6 is 7.94 Å². The number of benzene rings is 3. The first-order chi connectivity index (χ1) is 15.8. The SMILES string of the molecule is C/C=C/C[P+](OCOc1ccccc1)(OCOc1ccccc1)OCOc1ccccc1.[Br-]. The Labute approximate surface area is 206 Å². The maximum atomic E-state index is 6.04. The van der Waals surface area contributed by atoms with Gasteiger partial charge in [-0.05, 0) is 49.4 Å². The van der Waals surface area contributed by atoms with Crippen molar-refractivity contribution in [3.63, 3.8) is 0 Å². The van der Waals surface area contributed by atoms with Crippen molar-refractivity contribution in [3.8, 4) is 17.2 Å². The average Bonchev–Trinajstić information content (AvgIpc) is 2.85. The van der Waals surface area contributed by atoms with Gasteiger partial charge in [-0.25, -0.2) is 0 Å². The van der Waals surface area contributed by atoms with Crippen LogP contribution in [0.25, 0.3) is 0 Å². The van der Waals surface area contributed by atoms with E-state index in [4.69, 9.17) is 27.8 Å². The van der Waals surface area contributed by atoms with Gasteiger partial charge < -0.3 is 31.2 Å². The van der Waals surface area contributed by atoms with Crippen LogP contribution in [0, 0.1) is 0 Å². The third-order valence-corrected chi connectivity index (χ3v) is 6.37. The molecule has 6 nitrogen and oxygen atoms in total. The number of allylic oxidation sites excluding steroid dienone is 2. The highest BCUT2D eigenvalue weighted by molar-refractivity contribution is 7.61. The van der Waals surface area contributed by atoms with Gasteiger partial charge in [0.25, 0.3) is 0 Å². The van der Waals surface area contributed by atoms with Gasteiger partial charge >= 0.3 is 7.94 Å². The maximum absolute atomic E-state index is 6.04. The molecule has 3 aromatic rings. The van der Waals surface area contributed by atoms with E-state index in [9.17, 15) is 0 Å². The summed E-state index contributed by atoms with van der Waals surface area (Å²) >= 11 is 0. The number of rotatable bonds is 14. The van der Waals surface area contributed by atoms with Crippen LogP contribution in [0.15, 0.2) is 103 Å². The highest BCUT2D eigenvalue weighted by Crippen LogP contribution is 2.62. The largest absolute Gasteiger partial charge is 1.00 e. The van der Waals surface area contributed by atoms with Crippen molar-refractivity contribution in [2.24, 2.45) is 0 Å². The molecular formula is C25H28BrO6P. The Morgan fingerprint density at radius 2 is 0.909 bits per heavy atom. The van der Waals surface area contributed by atoms with Crippen molar-refractivity contribution >= 4 is 7.94 Å². The molecular weight excluding hydrogens is 507 g/mol. The Bertz CT molecular complexity index is 801. The van der Waals surface area contributed by atoms with Crippen molar-refractivity contribution in [2.75, 3.05) is 26.5 Å². The lowest BCUT2D eigenvalue weighted by Crippen LogP contribution is -3.00. The van der Waals surface area contributed by atoms with Gasteiger partial charge in [-0.3, -0.25) is 0 Å². The molecule has 8 heteroatoms. The predicted octanol–water partition coefficient (Wildman–Crippen LogP) is 3.49. The summed E-state index contributed by atoms with van der Waals surface area (Å²) in [7, 11) is -2.89. The number of hydrogen-bond donors (Lipinski definition) is 0. The third kappa shape index (κ3) is 9.95. The van der Waals surface area contributed by atoms with Gasteiger partial charge in [0.15, 0.2) is 6.16 Å². The predicted molar refractivity (Wildman–Crippen MR) is 126 cm³/mol. The van der Waals surface area contributed by atoms with Gasteiger partial charge in [-0.1, -0.05) is 60.7 Å². The summed E-state index contributed by atoms with van der Waals surface area (Å²) in [4.78, 5) is 0. The first-order valence-corrected chi connectivity index (χ1v) is 12.0. The van der Waals surface area contributed by atoms with Crippen molar-refractivity contribution in [3.05, 3.63) is 103 Å². The second kappa shape index (κ2) is 15.4. The number of para-hydroxylation sites is 3. The maximum Gasteiger partial charge on any atom is 0.425 e. The molecule has 176 valence electrons. The number of ether oxygens (including phenoxy) is 3. The summed E-state index contributed by atoms with van der Waals surface area (Å²) < 4.78 is 35.3. The zero-order valence-corrected chi connectivity index (χ0v) is 20.9. The fourth-order valence-corrected chi connectivity index (χ4v) is 4.23. The van der Waals surface area contributed by atoms with Gasteiger partial charge in [-0.15, -0.1) is 13.6 Å². The van der Waals surface area contributed by atoms with E-state index in [2.05, 4.69) is 0 Å². The smallest absolute Gasteiger partial charge is 0.425 e. The molecule has 0 spiro atoms. The molecule has 0 N–H and O–H groups in total. The zero-order chi connectivity index (χ0) is 22.3. The van der Waals surface area contributed by atoms with Crippen LogP contribution in [0.2, 0.25) is 0 Å².